The molecule has 1 N–H and O–H groups in total. The molecule has 0 spiro atoms. The molecule has 1 aromatic heterocycles. The van der Waals surface area contributed by atoms with Gasteiger partial charge in [-0.05, 0) is 76.4 Å². The molecule has 0 radical (unpaired) electrons. The van der Waals surface area contributed by atoms with E-state index in [9.17, 15) is 4.79 Å². The number of nitrogens with one attached hydrogen (secondary N) is 1. The van der Waals surface area contributed by atoms with Crippen LogP contribution in [-0.4, -0.2) is 36.5 Å². The van der Waals surface area contributed by atoms with Crippen LogP contribution < -0.4 is 5.32 Å². The molecule has 1 aliphatic rings. The van der Waals surface area contributed by atoms with Crippen LogP contribution in [0.3, 0.4) is 0 Å². The number of benzene rings is 2. The summed E-state index contributed by atoms with van der Waals surface area (Å²) < 4.78 is 5.84. The minimum Gasteiger partial charge on any atom is -0.456 e. The lowest BCUT2D eigenvalue weighted by Crippen LogP contribution is -2.52. The second-order valence-electron chi connectivity index (χ2n) is 9.46. The summed E-state index contributed by atoms with van der Waals surface area (Å²) in [5.74, 6) is 1.11. The fourth-order valence-electron chi connectivity index (χ4n) is 4.82. The second kappa shape index (κ2) is 9.74. The van der Waals surface area contributed by atoms with Crippen molar-refractivity contribution in [1.82, 2.24) is 10.2 Å². The Morgan fingerprint density at radius 3 is 2.31 bits per heavy atom. The third-order valence-corrected chi connectivity index (χ3v) is 6.96. The van der Waals surface area contributed by atoms with Gasteiger partial charge in [-0.3, -0.25) is 4.79 Å². The first kappa shape index (κ1) is 22.3. The van der Waals surface area contributed by atoms with Gasteiger partial charge in [-0.2, -0.15) is 0 Å². The second-order valence-corrected chi connectivity index (χ2v) is 9.46. The number of hydrogen-bond donors (Lipinski definition) is 1. The Labute approximate surface area is 191 Å². The van der Waals surface area contributed by atoms with Gasteiger partial charge in [-0.15, -0.1) is 0 Å². The number of amides is 1. The maximum atomic E-state index is 12.8. The van der Waals surface area contributed by atoms with E-state index in [-0.39, 0.29) is 17.5 Å². The highest BCUT2D eigenvalue weighted by atomic mass is 16.3. The number of carbonyl (C=O) groups excluding carboxylic acids is 1. The molecule has 1 aliphatic carbocycles. The lowest BCUT2D eigenvalue weighted by Gasteiger charge is -2.45. The fourth-order valence-corrected chi connectivity index (χ4v) is 4.82. The maximum Gasteiger partial charge on any atom is 0.287 e. The molecule has 4 rings (SSSR count). The molecular weight excluding hydrogens is 396 g/mol. The first-order valence-corrected chi connectivity index (χ1v) is 11.6. The molecule has 0 saturated heterocycles. The molecule has 0 unspecified atom stereocenters. The molecule has 0 bridgehead atoms. The van der Waals surface area contributed by atoms with Gasteiger partial charge in [0.15, 0.2) is 5.76 Å². The summed E-state index contributed by atoms with van der Waals surface area (Å²) in [5, 5.41) is 3.21. The predicted molar refractivity (Wildman–Crippen MR) is 129 cm³/mol. The minimum atomic E-state index is -0.106. The molecule has 168 valence electrons. The van der Waals surface area contributed by atoms with Crippen LogP contribution >= 0.6 is 0 Å². The van der Waals surface area contributed by atoms with E-state index in [2.05, 4.69) is 67.6 Å². The third kappa shape index (κ3) is 5.31. The van der Waals surface area contributed by atoms with E-state index in [4.69, 9.17) is 4.42 Å². The summed E-state index contributed by atoms with van der Waals surface area (Å²) in [4.78, 5) is 15.2. The van der Waals surface area contributed by atoms with E-state index < -0.39 is 0 Å². The van der Waals surface area contributed by atoms with Crippen LogP contribution in [0.15, 0.2) is 71.1 Å². The monoisotopic (exact) mass is 430 g/mol. The first-order valence-electron chi connectivity index (χ1n) is 11.6. The van der Waals surface area contributed by atoms with Crippen molar-refractivity contribution in [2.24, 2.45) is 0 Å². The van der Waals surface area contributed by atoms with Crippen LogP contribution in [0, 0.1) is 6.92 Å². The largest absolute Gasteiger partial charge is 0.456 e. The molecule has 32 heavy (non-hydrogen) atoms. The highest BCUT2D eigenvalue weighted by Crippen LogP contribution is 2.35. The Kier molecular flexibility index (Phi) is 6.80. The number of carbonyl (C=O) groups is 1. The first-order chi connectivity index (χ1) is 15.4. The Balaban J connectivity index is 1.33. The average Bonchev–Trinajstić information content (AvgIpc) is 3.26. The Morgan fingerprint density at radius 1 is 0.969 bits per heavy atom. The van der Waals surface area contributed by atoms with Crippen molar-refractivity contribution in [1.29, 1.82) is 0 Å². The molecule has 3 aromatic rings. The minimum absolute atomic E-state index is 0.106. The van der Waals surface area contributed by atoms with Gasteiger partial charge in [0.2, 0.25) is 0 Å². The molecule has 1 amide bonds. The van der Waals surface area contributed by atoms with Crippen LogP contribution in [0.2, 0.25) is 0 Å². The van der Waals surface area contributed by atoms with Gasteiger partial charge in [0.25, 0.3) is 5.91 Å². The van der Waals surface area contributed by atoms with E-state index in [1.54, 1.807) is 6.07 Å². The van der Waals surface area contributed by atoms with E-state index in [0.29, 0.717) is 12.2 Å². The van der Waals surface area contributed by atoms with Crippen LogP contribution in [-0.2, 0) is 12.8 Å². The Hall–Kier alpha value is -2.85. The third-order valence-electron chi connectivity index (χ3n) is 6.96. The summed E-state index contributed by atoms with van der Waals surface area (Å²) in [7, 11) is 4.37. The molecule has 0 aliphatic heterocycles. The Bertz CT molecular complexity index is 1010. The van der Waals surface area contributed by atoms with Crippen molar-refractivity contribution in [2.45, 2.75) is 57.0 Å². The van der Waals surface area contributed by atoms with Crippen molar-refractivity contribution in [3.63, 3.8) is 0 Å². The lowest BCUT2D eigenvalue weighted by molar-refractivity contribution is 0.0753. The average molecular weight is 431 g/mol. The number of hydrogen-bond acceptors (Lipinski definition) is 3. The quantitative estimate of drug-likeness (QED) is 0.546. The van der Waals surface area contributed by atoms with Gasteiger partial charge >= 0.3 is 0 Å². The highest BCUT2D eigenvalue weighted by Gasteiger charge is 2.37. The van der Waals surface area contributed by atoms with Gasteiger partial charge in [0, 0.05) is 18.0 Å². The number of nitrogens with zero attached hydrogens (tertiary/aromatic N) is 1. The fraction of sp³-hybridized carbons (Fsp3) is 0.393. The van der Waals surface area contributed by atoms with Crippen LogP contribution in [0.25, 0.3) is 0 Å². The van der Waals surface area contributed by atoms with Crippen LogP contribution in [0.1, 0.15) is 58.7 Å². The van der Waals surface area contributed by atoms with E-state index in [0.717, 1.165) is 37.9 Å². The smallest absolute Gasteiger partial charge is 0.287 e. The zero-order chi connectivity index (χ0) is 22.6. The maximum absolute atomic E-state index is 12.8. The SMILES string of the molecule is Cc1ccc(CC2(N(C)C)CCC(NC(=O)c3ccc(Cc4ccccc4)o3)CC2)cc1. The van der Waals surface area contributed by atoms with E-state index >= 15 is 0 Å². The van der Waals surface area contributed by atoms with Crippen molar-refractivity contribution < 1.29 is 9.21 Å². The normalized spacial score (nSPS) is 20.9. The summed E-state index contributed by atoms with van der Waals surface area (Å²) in [6, 6.07) is 22.9. The highest BCUT2D eigenvalue weighted by molar-refractivity contribution is 5.91. The topological polar surface area (TPSA) is 45.5 Å². The molecule has 4 nitrogen and oxygen atoms in total. The summed E-state index contributed by atoms with van der Waals surface area (Å²) in [6.45, 7) is 2.13. The Morgan fingerprint density at radius 2 is 1.66 bits per heavy atom. The van der Waals surface area contributed by atoms with Crippen LogP contribution in [0.4, 0.5) is 0 Å². The van der Waals surface area contributed by atoms with Crippen molar-refractivity contribution in [2.75, 3.05) is 14.1 Å². The zero-order valence-corrected chi connectivity index (χ0v) is 19.4. The molecule has 4 heteroatoms. The summed E-state index contributed by atoms with van der Waals surface area (Å²) in [5.41, 5.74) is 4.00. The van der Waals surface area contributed by atoms with Crippen molar-refractivity contribution in [3.05, 3.63) is 94.9 Å². The van der Waals surface area contributed by atoms with Gasteiger partial charge in [-0.25, -0.2) is 0 Å². The van der Waals surface area contributed by atoms with Gasteiger partial charge in [-0.1, -0.05) is 60.2 Å². The van der Waals surface area contributed by atoms with E-state index in [1.165, 1.54) is 16.7 Å². The molecule has 2 aromatic carbocycles. The number of likely N-dealkylation sites (N-methyl/N-ethyl adjacent to an activating group) is 1. The number of rotatable bonds is 7. The molecule has 1 heterocycles. The molecule has 1 fully saturated rings. The zero-order valence-electron chi connectivity index (χ0n) is 19.4. The predicted octanol–water partition coefficient (Wildman–Crippen LogP) is 5.39. The van der Waals surface area contributed by atoms with E-state index in [1.807, 2.05) is 24.3 Å². The molecule has 0 atom stereocenters. The van der Waals surface area contributed by atoms with Crippen molar-refractivity contribution >= 4 is 5.91 Å². The number of furan rings is 1. The van der Waals surface area contributed by atoms with Crippen molar-refractivity contribution in [3.8, 4) is 0 Å². The van der Waals surface area contributed by atoms with Gasteiger partial charge in [0.1, 0.15) is 5.76 Å². The van der Waals surface area contributed by atoms with Gasteiger partial charge < -0.3 is 14.6 Å². The summed E-state index contributed by atoms with van der Waals surface area (Å²) in [6.07, 6.45) is 5.83. The van der Waals surface area contributed by atoms with Crippen LogP contribution in [0.5, 0.6) is 0 Å². The summed E-state index contributed by atoms with van der Waals surface area (Å²) >= 11 is 0. The molecule has 1 saturated carbocycles. The number of aryl methyl sites for hydroxylation is 1. The lowest BCUT2D eigenvalue weighted by atomic mass is 9.74. The standard InChI is InChI=1S/C28H34N2O2/c1-21-9-11-23(12-10-21)20-28(30(2)3)17-15-24(16-18-28)29-27(31)26-14-13-25(32-26)19-22-7-5-4-6-8-22/h4-14,24H,15-20H2,1-3H3,(H,29,31). The molecular formula is C28H34N2O2. The van der Waals surface area contributed by atoms with Gasteiger partial charge in [0.05, 0.1) is 0 Å².